The number of hydrogen-bond donors (Lipinski definition) is 1. The number of anilines is 1. The van der Waals surface area contributed by atoms with Crippen molar-refractivity contribution < 1.29 is 22.3 Å². The van der Waals surface area contributed by atoms with Gasteiger partial charge in [-0.1, -0.05) is 0 Å². The van der Waals surface area contributed by atoms with Gasteiger partial charge in [0.2, 0.25) is 15.9 Å². The Kier molecular flexibility index (Phi) is 4.97. The summed E-state index contributed by atoms with van der Waals surface area (Å²) in [5, 5.41) is 0. The minimum absolute atomic E-state index is 0.0474. The first-order valence-corrected chi connectivity index (χ1v) is 9.51. The molecule has 0 radical (unpaired) electrons. The Hall–Kier alpha value is -2.45. The number of amides is 1. The Morgan fingerprint density at radius 2 is 1.88 bits per heavy atom. The van der Waals surface area contributed by atoms with Crippen LogP contribution in [-0.2, 0) is 14.8 Å². The van der Waals surface area contributed by atoms with Crippen molar-refractivity contribution in [1.29, 1.82) is 0 Å². The first-order chi connectivity index (χ1) is 12.3. The van der Waals surface area contributed by atoms with Crippen molar-refractivity contribution in [3.63, 3.8) is 0 Å². The highest BCUT2D eigenvalue weighted by Gasteiger charge is 2.33. The Morgan fingerprint density at radius 1 is 1.19 bits per heavy atom. The molecule has 0 aromatic heterocycles. The van der Waals surface area contributed by atoms with E-state index in [2.05, 4.69) is 4.72 Å². The third kappa shape index (κ3) is 3.71. The zero-order chi connectivity index (χ0) is 18.9. The summed E-state index contributed by atoms with van der Waals surface area (Å²) in [7, 11) is -2.25. The van der Waals surface area contributed by atoms with Gasteiger partial charge in [0.05, 0.1) is 12.0 Å². The first kappa shape index (κ1) is 18.3. The monoisotopic (exact) mass is 378 g/mol. The van der Waals surface area contributed by atoms with Crippen molar-refractivity contribution in [3.05, 3.63) is 53.8 Å². The second kappa shape index (κ2) is 7.05. The summed E-state index contributed by atoms with van der Waals surface area (Å²) in [5.74, 6) is -0.00905. The van der Waals surface area contributed by atoms with E-state index >= 15 is 0 Å². The van der Waals surface area contributed by atoms with Crippen LogP contribution < -0.4 is 14.4 Å². The lowest BCUT2D eigenvalue weighted by atomic mass is 10.2. The molecule has 1 saturated heterocycles. The summed E-state index contributed by atoms with van der Waals surface area (Å²) in [6.45, 7) is 1.95. The Labute approximate surface area is 151 Å². The van der Waals surface area contributed by atoms with Crippen LogP contribution in [0.25, 0.3) is 0 Å². The van der Waals surface area contributed by atoms with Gasteiger partial charge >= 0.3 is 0 Å². The van der Waals surface area contributed by atoms with Crippen molar-refractivity contribution in [2.24, 2.45) is 0 Å². The van der Waals surface area contributed by atoms with Gasteiger partial charge in [-0.05, 0) is 55.0 Å². The van der Waals surface area contributed by atoms with Crippen LogP contribution in [0.5, 0.6) is 5.75 Å². The van der Waals surface area contributed by atoms with Gasteiger partial charge in [-0.25, -0.2) is 17.5 Å². The van der Waals surface area contributed by atoms with Gasteiger partial charge in [-0.3, -0.25) is 4.79 Å². The smallest absolute Gasteiger partial charge is 0.240 e. The molecule has 1 aliphatic heterocycles. The molecule has 0 spiro atoms. The number of carbonyl (C=O) groups excluding carboxylic acids is 1. The zero-order valence-corrected chi connectivity index (χ0v) is 15.2. The number of sulfonamides is 1. The lowest BCUT2D eigenvalue weighted by molar-refractivity contribution is -0.117. The van der Waals surface area contributed by atoms with Crippen LogP contribution in [0.1, 0.15) is 12.0 Å². The third-order valence-corrected chi connectivity index (χ3v) is 5.78. The Bertz CT molecular complexity index is 929. The first-order valence-electron chi connectivity index (χ1n) is 8.03. The highest BCUT2D eigenvalue weighted by atomic mass is 32.2. The molecule has 3 rings (SSSR count). The molecular weight excluding hydrogens is 359 g/mol. The minimum atomic E-state index is -3.77. The third-order valence-electron chi connectivity index (χ3n) is 4.26. The minimum Gasteiger partial charge on any atom is -0.496 e. The van der Waals surface area contributed by atoms with Crippen LogP contribution in [0, 0.1) is 12.7 Å². The molecule has 1 atom stereocenters. The van der Waals surface area contributed by atoms with Gasteiger partial charge in [-0.15, -0.1) is 0 Å². The van der Waals surface area contributed by atoms with E-state index in [1.165, 1.54) is 48.4 Å². The second-order valence-electron chi connectivity index (χ2n) is 6.13. The van der Waals surface area contributed by atoms with E-state index in [4.69, 9.17) is 4.74 Å². The predicted octanol–water partition coefficient (Wildman–Crippen LogP) is 2.23. The van der Waals surface area contributed by atoms with E-state index in [1.54, 1.807) is 13.0 Å². The standard InChI is InChI=1S/C18H19FN2O4S/c1-12-9-16(7-8-17(12)25-2)26(23,24)20-14-10-18(22)21(11-14)15-5-3-13(19)4-6-15/h3-9,14,20H,10-11H2,1-2H3/t14-/m0/s1. The highest BCUT2D eigenvalue weighted by molar-refractivity contribution is 7.89. The maximum Gasteiger partial charge on any atom is 0.240 e. The van der Waals surface area contributed by atoms with Crippen LogP contribution in [0.15, 0.2) is 47.4 Å². The summed E-state index contributed by atoms with van der Waals surface area (Å²) in [6, 6.07) is 9.54. The van der Waals surface area contributed by atoms with Gasteiger partial charge in [-0.2, -0.15) is 0 Å². The van der Waals surface area contributed by atoms with Crippen LogP contribution in [0.3, 0.4) is 0 Å². The van der Waals surface area contributed by atoms with E-state index < -0.39 is 21.9 Å². The lowest BCUT2D eigenvalue weighted by Gasteiger charge is -2.17. The molecule has 2 aromatic carbocycles. The number of nitrogens with one attached hydrogen (secondary N) is 1. The fourth-order valence-corrected chi connectivity index (χ4v) is 4.27. The van der Waals surface area contributed by atoms with Gasteiger partial charge in [0.25, 0.3) is 0 Å². The van der Waals surface area contributed by atoms with Crippen molar-refractivity contribution in [3.8, 4) is 5.75 Å². The maximum absolute atomic E-state index is 13.0. The fraction of sp³-hybridized carbons (Fsp3) is 0.278. The van der Waals surface area contributed by atoms with Crippen LogP contribution >= 0.6 is 0 Å². The van der Waals surface area contributed by atoms with Crippen LogP contribution in [-0.4, -0.2) is 34.0 Å². The number of halogens is 1. The largest absolute Gasteiger partial charge is 0.496 e. The Balaban J connectivity index is 1.75. The van der Waals surface area contributed by atoms with Crippen molar-refractivity contribution in [1.82, 2.24) is 4.72 Å². The molecule has 0 saturated carbocycles. The van der Waals surface area contributed by atoms with Crippen molar-refractivity contribution in [2.75, 3.05) is 18.6 Å². The van der Waals surface area contributed by atoms with Gasteiger partial charge in [0.15, 0.2) is 0 Å². The van der Waals surface area contributed by atoms with E-state index in [-0.39, 0.29) is 23.8 Å². The van der Waals surface area contributed by atoms with Gasteiger partial charge in [0, 0.05) is 24.7 Å². The van der Waals surface area contributed by atoms with Gasteiger partial charge in [0.1, 0.15) is 11.6 Å². The van der Waals surface area contributed by atoms with Crippen molar-refractivity contribution >= 4 is 21.6 Å². The second-order valence-corrected chi connectivity index (χ2v) is 7.85. The van der Waals surface area contributed by atoms with Crippen molar-refractivity contribution in [2.45, 2.75) is 24.3 Å². The average Bonchev–Trinajstić information content (AvgIpc) is 2.95. The molecule has 0 bridgehead atoms. The molecular formula is C18H19FN2O4S. The van der Waals surface area contributed by atoms with Crippen LogP contribution in [0.4, 0.5) is 10.1 Å². The van der Waals surface area contributed by atoms with Crippen LogP contribution in [0.2, 0.25) is 0 Å². The quantitative estimate of drug-likeness (QED) is 0.866. The summed E-state index contributed by atoms with van der Waals surface area (Å²) in [4.78, 5) is 13.8. The highest BCUT2D eigenvalue weighted by Crippen LogP contribution is 2.24. The number of rotatable bonds is 5. The summed E-state index contributed by atoms with van der Waals surface area (Å²) >= 11 is 0. The molecule has 1 aliphatic rings. The molecule has 8 heteroatoms. The van der Waals surface area contributed by atoms with E-state index in [9.17, 15) is 17.6 Å². The maximum atomic E-state index is 13.0. The number of ether oxygens (including phenoxy) is 1. The summed E-state index contributed by atoms with van der Waals surface area (Å²) < 4.78 is 46.0. The molecule has 0 aliphatic carbocycles. The molecule has 6 nitrogen and oxygen atoms in total. The predicted molar refractivity (Wildman–Crippen MR) is 95.2 cm³/mol. The number of nitrogens with zero attached hydrogens (tertiary/aromatic N) is 1. The number of carbonyl (C=O) groups is 1. The van der Waals surface area contributed by atoms with E-state index in [0.29, 0.717) is 17.0 Å². The molecule has 1 heterocycles. The van der Waals surface area contributed by atoms with E-state index in [1.807, 2.05) is 0 Å². The fourth-order valence-electron chi connectivity index (χ4n) is 2.96. The molecule has 138 valence electrons. The number of methoxy groups -OCH3 is 1. The Morgan fingerprint density at radius 3 is 2.50 bits per heavy atom. The molecule has 2 aromatic rings. The molecule has 26 heavy (non-hydrogen) atoms. The van der Waals surface area contributed by atoms with E-state index in [0.717, 1.165) is 0 Å². The molecule has 1 N–H and O–H groups in total. The summed E-state index contributed by atoms with van der Waals surface area (Å²) in [5.41, 5.74) is 1.24. The normalized spacial score (nSPS) is 17.6. The topological polar surface area (TPSA) is 75.7 Å². The zero-order valence-electron chi connectivity index (χ0n) is 14.4. The number of aryl methyl sites for hydroxylation is 1. The SMILES string of the molecule is COc1ccc(S(=O)(=O)N[C@H]2CC(=O)N(c3ccc(F)cc3)C2)cc1C. The molecule has 1 amide bonds. The molecule has 0 unspecified atom stereocenters. The number of hydrogen-bond acceptors (Lipinski definition) is 4. The summed E-state index contributed by atoms with van der Waals surface area (Å²) in [6.07, 6.45) is 0.0474. The van der Waals surface area contributed by atoms with Gasteiger partial charge < -0.3 is 9.64 Å². The lowest BCUT2D eigenvalue weighted by Crippen LogP contribution is -2.37. The average molecular weight is 378 g/mol. The number of benzene rings is 2. The molecule has 1 fully saturated rings.